The van der Waals surface area contributed by atoms with Crippen LogP contribution in [0.25, 0.3) is 10.8 Å². The maximum absolute atomic E-state index is 13.0. The van der Waals surface area contributed by atoms with Crippen LogP contribution in [0.1, 0.15) is 30.3 Å². The summed E-state index contributed by atoms with van der Waals surface area (Å²) in [5, 5.41) is 54.2. The molecule has 0 fully saturated rings. The van der Waals surface area contributed by atoms with Crippen molar-refractivity contribution in [3.8, 4) is 5.75 Å². The molecule has 0 radical (unpaired) electrons. The van der Waals surface area contributed by atoms with E-state index >= 15 is 0 Å². The first kappa shape index (κ1) is 17.6. The topological polar surface area (TPSA) is 174 Å². The average Bonchev–Trinajstić information content (AvgIpc) is 2.98. The van der Waals surface area contributed by atoms with Crippen molar-refractivity contribution in [3.63, 3.8) is 0 Å². The molecule has 0 saturated carbocycles. The van der Waals surface area contributed by atoms with Gasteiger partial charge in [0.15, 0.2) is 5.43 Å². The lowest BCUT2D eigenvalue weighted by Crippen LogP contribution is -2.52. The Kier molecular flexibility index (Phi) is 3.47. The Morgan fingerprint density at radius 1 is 1.07 bits per heavy atom. The van der Waals surface area contributed by atoms with E-state index in [1.807, 2.05) is 0 Å². The number of fused-ring (bicyclic) bond motifs is 3. The van der Waals surface area contributed by atoms with Gasteiger partial charge in [0, 0.05) is 21.7 Å². The van der Waals surface area contributed by atoms with Gasteiger partial charge >= 0.3 is 0 Å². The van der Waals surface area contributed by atoms with Crippen molar-refractivity contribution in [2.24, 2.45) is 10.9 Å². The Balaban J connectivity index is 2.41. The second-order valence-electron chi connectivity index (χ2n) is 6.93. The van der Waals surface area contributed by atoms with Crippen molar-refractivity contribution < 1.29 is 25.5 Å². The van der Waals surface area contributed by atoms with Crippen molar-refractivity contribution >= 4 is 10.8 Å². The Morgan fingerprint density at radius 2 is 1.74 bits per heavy atom. The highest BCUT2D eigenvalue weighted by Crippen LogP contribution is 2.42. The number of aromatic hydroxyl groups is 1. The summed E-state index contributed by atoms with van der Waals surface area (Å²) in [5.41, 5.74) is -4.02. The summed E-state index contributed by atoms with van der Waals surface area (Å²) >= 11 is 0. The molecule has 4 rings (SSSR count). The zero-order valence-electron chi connectivity index (χ0n) is 14.0. The number of aliphatic hydroxyl groups excluding tert-OH is 3. The summed E-state index contributed by atoms with van der Waals surface area (Å²) in [6.07, 6.45) is -5.36. The molecular weight excluding hydrogens is 356 g/mol. The van der Waals surface area contributed by atoms with E-state index < -0.39 is 40.5 Å². The van der Waals surface area contributed by atoms with Crippen LogP contribution in [0.5, 0.6) is 5.75 Å². The molecule has 3 aliphatic rings. The fourth-order valence-corrected chi connectivity index (χ4v) is 3.98. The fraction of sp³-hybridized carbons (Fsp3) is 0.278. The molecule has 0 bridgehead atoms. The normalized spacial score (nSPS) is 28.8. The van der Waals surface area contributed by atoms with Crippen LogP contribution in [-0.2, 0) is 0 Å². The predicted octanol–water partition coefficient (Wildman–Crippen LogP) is -2.17. The van der Waals surface area contributed by atoms with Crippen molar-refractivity contribution in [1.82, 2.24) is 0 Å². The number of phenolic OH excluding ortho intramolecular Hbond substituents is 1. The molecule has 9 heteroatoms. The van der Waals surface area contributed by atoms with Gasteiger partial charge in [0.1, 0.15) is 35.0 Å². The van der Waals surface area contributed by atoms with Gasteiger partial charge in [-0.1, -0.05) is 12.1 Å². The monoisotopic (exact) mass is 372 g/mol. The minimum absolute atomic E-state index is 0.0858. The Bertz CT molecular complexity index is 1320. The smallest absolute Gasteiger partial charge is 0.200 e. The van der Waals surface area contributed by atoms with Gasteiger partial charge < -0.3 is 31.4 Å². The lowest BCUT2D eigenvalue weighted by atomic mass is 9.76. The number of aliphatic hydroxyl groups is 4. The first-order valence-electron chi connectivity index (χ1n) is 8.09. The van der Waals surface area contributed by atoms with Crippen LogP contribution in [0.4, 0.5) is 0 Å². The molecule has 4 atom stereocenters. The minimum Gasteiger partial charge on any atom is -0.507 e. The van der Waals surface area contributed by atoms with Crippen molar-refractivity contribution in [2.45, 2.75) is 30.8 Å². The highest BCUT2D eigenvalue weighted by atomic mass is 16.4. The third kappa shape index (κ3) is 1.94. The van der Waals surface area contributed by atoms with E-state index in [0.717, 1.165) is 6.92 Å². The quantitative estimate of drug-likeness (QED) is 0.191. The number of hydrogen-bond acceptors (Lipinski definition) is 9. The number of rotatable bonds is 0. The molecule has 1 aromatic carbocycles. The lowest BCUT2D eigenvalue weighted by Gasteiger charge is -2.41. The van der Waals surface area contributed by atoms with Gasteiger partial charge in [-0.05, 0) is 13.0 Å². The SMILES string of the molecule is C[C@]1(O)[C@H](O)c2c(c3c(=O)c4cccc(O)c4c(=O)c=3c2=NN)[C@H](O)[C@H]1O. The van der Waals surface area contributed by atoms with Crippen LogP contribution in [0.3, 0.4) is 0 Å². The van der Waals surface area contributed by atoms with Crippen LogP contribution < -0.4 is 22.1 Å². The number of benzene rings is 1. The summed E-state index contributed by atoms with van der Waals surface area (Å²) in [6, 6.07) is 3.98. The lowest BCUT2D eigenvalue weighted by molar-refractivity contribution is -0.181. The second-order valence-corrected chi connectivity index (χ2v) is 6.93. The van der Waals surface area contributed by atoms with E-state index in [0.29, 0.717) is 0 Å². The number of phenols is 1. The Morgan fingerprint density at radius 3 is 2.37 bits per heavy atom. The van der Waals surface area contributed by atoms with Crippen LogP contribution in [0.15, 0.2) is 32.9 Å². The van der Waals surface area contributed by atoms with Crippen molar-refractivity contribution in [3.05, 3.63) is 65.6 Å². The largest absolute Gasteiger partial charge is 0.507 e. The zero-order chi connectivity index (χ0) is 19.8. The van der Waals surface area contributed by atoms with E-state index in [-0.39, 0.29) is 37.7 Å². The van der Waals surface area contributed by atoms with E-state index in [1.165, 1.54) is 18.2 Å². The summed E-state index contributed by atoms with van der Waals surface area (Å²) in [7, 11) is 0. The summed E-state index contributed by atoms with van der Waals surface area (Å²) in [5.74, 6) is 4.99. The summed E-state index contributed by atoms with van der Waals surface area (Å²) in [4.78, 5) is 26.1. The van der Waals surface area contributed by atoms with E-state index in [1.54, 1.807) is 0 Å². The Labute approximate surface area is 150 Å². The second kappa shape index (κ2) is 5.33. The molecule has 0 heterocycles. The predicted molar refractivity (Wildman–Crippen MR) is 92.1 cm³/mol. The first-order valence-corrected chi connectivity index (χ1v) is 8.09. The van der Waals surface area contributed by atoms with E-state index in [9.17, 15) is 35.1 Å². The highest BCUT2D eigenvalue weighted by Gasteiger charge is 2.51. The molecule has 0 saturated heterocycles. The molecule has 0 amide bonds. The van der Waals surface area contributed by atoms with Gasteiger partial charge in [-0.25, -0.2) is 0 Å². The first-order chi connectivity index (χ1) is 12.6. The maximum atomic E-state index is 13.0. The summed E-state index contributed by atoms with van der Waals surface area (Å²) < 4.78 is 0. The molecule has 0 unspecified atom stereocenters. The Hall–Kier alpha value is -2.85. The van der Waals surface area contributed by atoms with Crippen LogP contribution in [-0.4, -0.2) is 37.2 Å². The van der Waals surface area contributed by atoms with Crippen molar-refractivity contribution in [2.75, 3.05) is 0 Å². The molecule has 27 heavy (non-hydrogen) atoms. The van der Waals surface area contributed by atoms with Gasteiger partial charge in [-0.2, -0.15) is 5.10 Å². The maximum Gasteiger partial charge on any atom is 0.200 e. The van der Waals surface area contributed by atoms with Gasteiger partial charge in [0.25, 0.3) is 0 Å². The van der Waals surface area contributed by atoms with Crippen LogP contribution >= 0.6 is 0 Å². The molecule has 3 aliphatic carbocycles. The standard InChI is InChI=1S/C18H16N2O7/c1-18(27)16(25)11-9(15(24)17(18)26)8-10(12(11)20-19)14(23)7-5(13(8)22)3-2-4-6(7)21/h2-4,15-17,21,24-27H,19H2,1H3/t15-,16+,17+,18-/m0/s1. The molecule has 1 aromatic rings. The van der Waals surface area contributed by atoms with Crippen LogP contribution in [0.2, 0.25) is 0 Å². The molecule has 0 spiro atoms. The average molecular weight is 372 g/mol. The highest BCUT2D eigenvalue weighted by molar-refractivity contribution is 5.88. The number of nitrogens with zero attached hydrogens (tertiary/aromatic N) is 1. The molecule has 0 aromatic heterocycles. The molecule has 9 nitrogen and oxygen atoms in total. The van der Waals surface area contributed by atoms with E-state index in [2.05, 4.69) is 5.10 Å². The minimum atomic E-state index is -2.18. The molecular formula is C18H16N2O7. The number of nitrogens with two attached hydrogens (primary N) is 1. The van der Waals surface area contributed by atoms with Crippen molar-refractivity contribution in [1.29, 1.82) is 0 Å². The van der Waals surface area contributed by atoms with E-state index in [4.69, 9.17) is 5.84 Å². The zero-order valence-corrected chi connectivity index (χ0v) is 14.0. The molecule has 140 valence electrons. The third-order valence-electron chi connectivity index (χ3n) is 5.42. The molecule has 0 aliphatic heterocycles. The third-order valence-corrected chi connectivity index (χ3v) is 5.42. The van der Waals surface area contributed by atoms with Crippen LogP contribution in [0, 0.1) is 10.4 Å². The van der Waals surface area contributed by atoms with Gasteiger partial charge in [-0.15, -0.1) is 0 Å². The number of hydrogen-bond donors (Lipinski definition) is 6. The fourth-order valence-electron chi connectivity index (χ4n) is 3.98. The van der Waals surface area contributed by atoms with Gasteiger partial charge in [0.2, 0.25) is 5.43 Å². The van der Waals surface area contributed by atoms with Gasteiger partial charge in [0.05, 0.1) is 10.6 Å². The summed E-state index contributed by atoms with van der Waals surface area (Å²) in [6.45, 7) is 1.10. The van der Waals surface area contributed by atoms with Gasteiger partial charge in [-0.3, -0.25) is 9.59 Å². The molecule has 7 N–H and O–H groups in total.